The molecular weight excluding hydrogens is 198 g/mol. The van der Waals surface area contributed by atoms with Gasteiger partial charge in [0, 0.05) is 11.3 Å². The first-order valence-electron chi connectivity index (χ1n) is 5.39. The molecule has 0 saturated heterocycles. The van der Waals surface area contributed by atoms with Crippen LogP contribution in [0, 0.1) is 0 Å². The van der Waals surface area contributed by atoms with Crippen LogP contribution in [0.15, 0.2) is 48.5 Å². The maximum atomic E-state index is 5.94. The Bertz CT molecular complexity index is 480. The van der Waals surface area contributed by atoms with Crippen molar-refractivity contribution in [1.82, 2.24) is 0 Å². The van der Waals surface area contributed by atoms with Crippen LogP contribution >= 0.6 is 0 Å². The van der Waals surface area contributed by atoms with Gasteiger partial charge in [0.1, 0.15) is 5.75 Å². The number of nitrogens with two attached hydrogens (primary N) is 1. The number of hydrogen-bond acceptors (Lipinski definition) is 2. The summed E-state index contributed by atoms with van der Waals surface area (Å²) >= 11 is 0. The van der Waals surface area contributed by atoms with E-state index in [1.165, 1.54) is 0 Å². The second-order valence-electron chi connectivity index (χ2n) is 3.55. The van der Waals surface area contributed by atoms with Crippen molar-refractivity contribution in [2.24, 2.45) is 0 Å². The molecule has 2 N–H and O–H groups in total. The summed E-state index contributed by atoms with van der Waals surface area (Å²) < 4.78 is 5.47. The fraction of sp³-hybridized carbons (Fsp3) is 0.143. The van der Waals surface area contributed by atoms with Crippen LogP contribution in [0.1, 0.15) is 6.92 Å². The molecule has 0 aliphatic rings. The summed E-state index contributed by atoms with van der Waals surface area (Å²) in [5, 5.41) is 0. The average molecular weight is 213 g/mol. The van der Waals surface area contributed by atoms with E-state index in [9.17, 15) is 0 Å². The number of nitrogen functional groups attached to an aromatic ring is 1. The van der Waals surface area contributed by atoms with Gasteiger partial charge in [0.25, 0.3) is 0 Å². The fourth-order valence-electron chi connectivity index (χ4n) is 1.68. The van der Waals surface area contributed by atoms with Gasteiger partial charge in [0.15, 0.2) is 0 Å². The van der Waals surface area contributed by atoms with Crippen LogP contribution in [0.4, 0.5) is 5.69 Å². The lowest BCUT2D eigenvalue weighted by molar-refractivity contribution is 0.340. The summed E-state index contributed by atoms with van der Waals surface area (Å²) in [6.07, 6.45) is 0. The van der Waals surface area contributed by atoms with Gasteiger partial charge < -0.3 is 10.5 Å². The van der Waals surface area contributed by atoms with Crippen LogP contribution in [0.5, 0.6) is 5.75 Å². The largest absolute Gasteiger partial charge is 0.494 e. The maximum absolute atomic E-state index is 5.94. The molecule has 0 aliphatic heterocycles. The van der Waals surface area contributed by atoms with E-state index < -0.39 is 0 Å². The van der Waals surface area contributed by atoms with Gasteiger partial charge in [-0.2, -0.15) is 0 Å². The van der Waals surface area contributed by atoms with E-state index in [1.54, 1.807) is 0 Å². The summed E-state index contributed by atoms with van der Waals surface area (Å²) in [5.41, 5.74) is 8.86. The highest BCUT2D eigenvalue weighted by Gasteiger charge is 2.02. The molecule has 2 nitrogen and oxygen atoms in total. The molecule has 2 aromatic carbocycles. The number of anilines is 1. The third kappa shape index (κ3) is 2.16. The van der Waals surface area contributed by atoms with Gasteiger partial charge in [-0.15, -0.1) is 0 Å². The normalized spacial score (nSPS) is 10.1. The molecule has 2 aromatic rings. The molecule has 0 heterocycles. The maximum Gasteiger partial charge on any atom is 0.119 e. The van der Waals surface area contributed by atoms with E-state index in [4.69, 9.17) is 10.5 Å². The van der Waals surface area contributed by atoms with E-state index >= 15 is 0 Å². The standard InChI is InChI=1S/C14H15NO/c1-2-16-12-7-5-6-11(10-12)13-8-3-4-9-14(13)15/h3-10H,2,15H2,1H3. The monoisotopic (exact) mass is 213 g/mol. The number of hydrogen-bond donors (Lipinski definition) is 1. The Morgan fingerprint density at radius 1 is 1.06 bits per heavy atom. The molecular formula is C14H15NO. The Balaban J connectivity index is 2.40. The van der Waals surface area contributed by atoms with E-state index in [0.29, 0.717) is 6.61 Å². The Hall–Kier alpha value is -1.96. The van der Waals surface area contributed by atoms with Gasteiger partial charge in [0.2, 0.25) is 0 Å². The fourth-order valence-corrected chi connectivity index (χ4v) is 1.68. The van der Waals surface area contributed by atoms with Gasteiger partial charge in [-0.05, 0) is 30.7 Å². The van der Waals surface area contributed by atoms with Crippen LogP contribution in [-0.4, -0.2) is 6.61 Å². The molecule has 0 bridgehead atoms. The van der Waals surface area contributed by atoms with Crippen LogP contribution in [0.2, 0.25) is 0 Å². The lowest BCUT2D eigenvalue weighted by atomic mass is 10.0. The highest BCUT2D eigenvalue weighted by Crippen LogP contribution is 2.28. The molecule has 2 rings (SSSR count). The molecule has 0 saturated carbocycles. The minimum Gasteiger partial charge on any atom is -0.494 e. The summed E-state index contributed by atoms with van der Waals surface area (Å²) in [4.78, 5) is 0. The van der Waals surface area contributed by atoms with Crippen molar-refractivity contribution in [3.63, 3.8) is 0 Å². The second-order valence-corrected chi connectivity index (χ2v) is 3.55. The Morgan fingerprint density at radius 2 is 1.88 bits per heavy atom. The average Bonchev–Trinajstić information content (AvgIpc) is 2.30. The van der Waals surface area contributed by atoms with E-state index in [1.807, 2.05) is 55.5 Å². The topological polar surface area (TPSA) is 35.2 Å². The third-order valence-electron chi connectivity index (χ3n) is 2.42. The van der Waals surface area contributed by atoms with Crippen LogP contribution < -0.4 is 10.5 Å². The lowest BCUT2D eigenvalue weighted by Gasteiger charge is -2.08. The number of rotatable bonds is 3. The van der Waals surface area contributed by atoms with E-state index in [2.05, 4.69) is 0 Å². The smallest absolute Gasteiger partial charge is 0.119 e. The number of para-hydroxylation sites is 1. The van der Waals surface area contributed by atoms with Gasteiger partial charge >= 0.3 is 0 Å². The molecule has 0 radical (unpaired) electrons. The Kier molecular flexibility index (Phi) is 3.10. The Labute approximate surface area is 95.7 Å². The van der Waals surface area contributed by atoms with Crippen molar-refractivity contribution < 1.29 is 4.74 Å². The molecule has 0 atom stereocenters. The zero-order valence-electron chi connectivity index (χ0n) is 9.31. The van der Waals surface area contributed by atoms with Crippen molar-refractivity contribution in [2.75, 3.05) is 12.3 Å². The molecule has 0 fully saturated rings. The SMILES string of the molecule is CCOc1cccc(-c2ccccc2N)c1. The molecule has 0 unspecified atom stereocenters. The zero-order valence-corrected chi connectivity index (χ0v) is 9.31. The minimum absolute atomic E-state index is 0.674. The van der Waals surface area contributed by atoms with Crippen molar-refractivity contribution in [3.8, 4) is 16.9 Å². The zero-order chi connectivity index (χ0) is 11.4. The van der Waals surface area contributed by atoms with Crippen molar-refractivity contribution in [2.45, 2.75) is 6.92 Å². The first kappa shape index (κ1) is 10.6. The molecule has 0 aliphatic carbocycles. The first-order valence-corrected chi connectivity index (χ1v) is 5.39. The predicted octanol–water partition coefficient (Wildman–Crippen LogP) is 3.33. The van der Waals surface area contributed by atoms with Crippen molar-refractivity contribution in [3.05, 3.63) is 48.5 Å². The Morgan fingerprint density at radius 3 is 2.62 bits per heavy atom. The molecule has 16 heavy (non-hydrogen) atoms. The predicted molar refractivity (Wildman–Crippen MR) is 67.5 cm³/mol. The van der Waals surface area contributed by atoms with Gasteiger partial charge in [-0.1, -0.05) is 30.3 Å². The minimum atomic E-state index is 0.674. The molecule has 82 valence electrons. The molecule has 0 spiro atoms. The summed E-state index contributed by atoms with van der Waals surface area (Å²) in [7, 11) is 0. The van der Waals surface area contributed by atoms with E-state index in [-0.39, 0.29) is 0 Å². The summed E-state index contributed by atoms with van der Waals surface area (Å²) in [6.45, 7) is 2.65. The third-order valence-corrected chi connectivity index (χ3v) is 2.42. The molecule has 0 amide bonds. The lowest BCUT2D eigenvalue weighted by Crippen LogP contribution is -1.92. The first-order chi connectivity index (χ1) is 7.81. The van der Waals surface area contributed by atoms with Crippen LogP contribution in [-0.2, 0) is 0 Å². The van der Waals surface area contributed by atoms with Gasteiger partial charge in [0.05, 0.1) is 6.61 Å². The number of ether oxygens (including phenoxy) is 1. The molecule has 0 aromatic heterocycles. The quantitative estimate of drug-likeness (QED) is 0.794. The van der Waals surface area contributed by atoms with Crippen molar-refractivity contribution in [1.29, 1.82) is 0 Å². The highest BCUT2D eigenvalue weighted by molar-refractivity contribution is 5.76. The van der Waals surface area contributed by atoms with E-state index in [0.717, 1.165) is 22.6 Å². The summed E-state index contributed by atoms with van der Waals surface area (Å²) in [5.74, 6) is 0.878. The molecule has 2 heteroatoms. The number of benzene rings is 2. The van der Waals surface area contributed by atoms with Gasteiger partial charge in [-0.25, -0.2) is 0 Å². The van der Waals surface area contributed by atoms with Crippen molar-refractivity contribution >= 4 is 5.69 Å². The highest BCUT2D eigenvalue weighted by atomic mass is 16.5. The van der Waals surface area contributed by atoms with Crippen LogP contribution in [0.3, 0.4) is 0 Å². The van der Waals surface area contributed by atoms with Gasteiger partial charge in [-0.3, -0.25) is 0 Å². The second kappa shape index (κ2) is 4.71. The summed E-state index contributed by atoms with van der Waals surface area (Å²) in [6, 6.07) is 15.8. The van der Waals surface area contributed by atoms with Crippen LogP contribution in [0.25, 0.3) is 11.1 Å².